The predicted molar refractivity (Wildman–Crippen MR) is 81.8 cm³/mol. The van der Waals surface area contributed by atoms with Crippen LogP contribution in [0.5, 0.6) is 0 Å². The molecule has 0 saturated heterocycles. The molecule has 0 bridgehead atoms. The monoisotopic (exact) mass is 292 g/mol. The van der Waals surface area contributed by atoms with E-state index in [0.29, 0.717) is 6.54 Å². The Labute approximate surface area is 127 Å². The SMILES string of the molecule is Cc1nnc2n1-c1ccccc1C(c1ccc(F)cc1)=NC2. The number of aryl methyl sites for hydroxylation is 1. The Hall–Kier alpha value is -2.82. The van der Waals surface area contributed by atoms with E-state index in [0.717, 1.165) is 34.2 Å². The van der Waals surface area contributed by atoms with Crippen LogP contribution in [-0.4, -0.2) is 20.5 Å². The first-order valence-corrected chi connectivity index (χ1v) is 7.05. The summed E-state index contributed by atoms with van der Waals surface area (Å²) < 4.78 is 15.2. The van der Waals surface area contributed by atoms with E-state index in [1.807, 2.05) is 35.8 Å². The lowest BCUT2D eigenvalue weighted by atomic mass is 10.0. The third-order valence-corrected chi connectivity index (χ3v) is 3.79. The Balaban J connectivity index is 1.96. The van der Waals surface area contributed by atoms with Crippen LogP contribution in [0.25, 0.3) is 5.69 Å². The van der Waals surface area contributed by atoms with Gasteiger partial charge in [0.25, 0.3) is 0 Å². The number of para-hydroxylation sites is 1. The predicted octanol–water partition coefficient (Wildman–Crippen LogP) is 3.07. The number of rotatable bonds is 1. The quantitative estimate of drug-likeness (QED) is 0.692. The molecule has 22 heavy (non-hydrogen) atoms. The molecule has 0 saturated carbocycles. The minimum absolute atomic E-state index is 0.251. The van der Waals surface area contributed by atoms with Gasteiger partial charge in [0.15, 0.2) is 5.82 Å². The van der Waals surface area contributed by atoms with Crippen LogP contribution in [-0.2, 0) is 6.54 Å². The van der Waals surface area contributed by atoms with E-state index in [-0.39, 0.29) is 5.82 Å². The van der Waals surface area contributed by atoms with Crippen LogP contribution in [0.3, 0.4) is 0 Å². The van der Waals surface area contributed by atoms with E-state index in [4.69, 9.17) is 0 Å². The molecule has 0 fully saturated rings. The molecule has 2 aromatic carbocycles. The maximum absolute atomic E-state index is 13.2. The van der Waals surface area contributed by atoms with Gasteiger partial charge in [0.2, 0.25) is 0 Å². The second-order valence-electron chi connectivity index (χ2n) is 5.19. The Morgan fingerprint density at radius 2 is 1.77 bits per heavy atom. The maximum Gasteiger partial charge on any atom is 0.159 e. The summed E-state index contributed by atoms with van der Waals surface area (Å²) >= 11 is 0. The third-order valence-electron chi connectivity index (χ3n) is 3.79. The van der Waals surface area contributed by atoms with E-state index in [2.05, 4.69) is 15.2 Å². The molecule has 0 N–H and O–H groups in total. The van der Waals surface area contributed by atoms with Gasteiger partial charge in [0.05, 0.1) is 11.4 Å². The number of aromatic nitrogens is 3. The smallest absolute Gasteiger partial charge is 0.159 e. The van der Waals surface area contributed by atoms with Crippen LogP contribution >= 0.6 is 0 Å². The molecule has 0 spiro atoms. The molecule has 1 aliphatic heterocycles. The van der Waals surface area contributed by atoms with Gasteiger partial charge >= 0.3 is 0 Å². The molecule has 0 amide bonds. The molecular weight excluding hydrogens is 279 g/mol. The van der Waals surface area contributed by atoms with Crippen molar-refractivity contribution in [3.05, 3.63) is 77.1 Å². The van der Waals surface area contributed by atoms with Gasteiger partial charge in [-0.15, -0.1) is 10.2 Å². The van der Waals surface area contributed by atoms with Crippen LogP contribution in [0.15, 0.2) is 53.5 Å². The number of aliphatic imine (C=N–C) groups is 1. The van der Waals surface area contributed by atoms with Gasteiger partial charge < -0.3 is 0 Å². The molecule has 108 valence electrons. The van der Waals surface area contributed by atoms with Crippen molar-refractivity contribution in [2.75, 3.05) is 0 Å². The Morgan fingerprint density at radius 3 is 2.59 bits per heavy atom. The molecule has 1 aliphatic rings. The molecule has 0 aliphatic carbocycles. The second-order valence-corrected chi connectivity index (χ2v) is 5.19. The molecule has 4 nitrogen and oxygen atoms in total. The van der Waals surface area contributed by atoms with Crippen molar-refractivity contribution in [2.45, 2.75) is 13.5 Å². The number of hydrogen-bond donors (Lipinski definition) is 0. The highest BCUT2D eigenvalue weighted by molar-refractivity contribution is 6.15. The van der Waals surface area contributed by atoms with Crippen molar-refractivity contribution in [2.24, 2.45) is 4.99 Å². The highest BCUT2D eigenvalue weighted by Crippen LogP contribution is 2.25. The molecule has 4 rings (SSSR count). The van der Waals surface area contributed by atoms with Gasteiger partial charge in [0.1, 0.15) is 18.2 Å². The summed E-state index contributed by atoms with van der Waals surface area (Å²) in [5, 5.41) is 8.35. The maximum atomic E-state index is 13.2. The highest BCUT2D eigenvalue weighted by Gasteiger charge is 2.20. The fourth-order valence-electron chi connectivity index (χ4n) is 2.78. The Kier molecular flexibility index (Phi) is 2.85. The van der Waals surface area contributed by atoms with Crippen molar-refractivity contribution in [3.63, 3.8) is 0 Å². The van der Waals surface area contributed by atoms with E-state index < -0.39 is 0 Å². The van der Waals surface area contributed by atoms with Crippen LogP contribution in [0.2, 0.25) is 0 Å². The number of halogens is 1. The van der Waals surface area contributed by atoms with Crippen LogP contribution in [0.1, 0.15) is 22.8 Å². The van der Waals surface area contributed by atoms with Crippen molar-refractivity contribution < 1.29 is 4.39 Å². The molecule has 5 heteroatoms. The first kappa shape index (κ1) is 12.9. The largest absolute Gasteiger partial charge is 0.281 e. The van der Waals surface area contributed by atoms with Gasteiger partial charge in [-0.2, -0.15) is 0 Å². The van der Waals surface area contributed by atoms with Crippen LogP contribution in [0, 0.1) is 12.7 Å². The fraction of sp³-hybridized carbons (Fsp3) is 0.118. The molecule has 2 heterocycles. The Morgan fingerprint density at radius 1 is 1.00 bits per heavy atom. The minimum Gasteiger partial charge on any atom is -0.281 e. The molecule has 0 atom stereocenters. The van der Waals surface area contributed by atoms with Gasteiger partial charge in [0, 0.05) is 11.1 Å². The lowest BCUT2D eigenvalue weighted by molar-refractivity contribution is 0.628. The van der Waals surface area contributed by atoms with E-state index >= 15 is 0 Å². The summed E-state index contributed by atoms with van der Waals surface area (Å²) in [7, 11) is 0. The Bertz CT molecular complexity index is 878. The molecule has 1 aromatic heterocycles. The normalized spacial score (nSPS) is 13.1. The van der Waals surface area contributed by atoms with E-state index in [1.54, 1.807) is 12.1 Å². The lowest BCUT2D eigenvalue weighted by Crippen LogP contribution is -2.08. The molecule has 3 aromatic rings. The summed E-state index contributed by atoms with van der Waals surface area (Å²) in [5.41, 5.74) is 3.74. The number of benzene rings is 2. The van der Waals surface area contributed by atoms with Gasteiger partial charge in [-0.1, -0.05) is 18.2 Å². The van der Waals surface area contributed by atoms with E-state index in [1.165, 1.54) is 12.1 Å². The number of hydrogen-bond acceptors (Lipinski definition) is 3. The minimum atomic E-state index is -0.251. The molecular formula is C17H13FN4. The van der Waals surface area contributed by atoms with Crippen LogP contribution < -0.4 is 0 Å². The first-order valence-electron chi connectivity index (χ1n) is 7.05. The van der Waals surface area contributed by atoms with E-state index in [9.17, 15) is 4.39 Å². The number of nitrogens with zero attached hydrogens (tertiary/aromatic N) is 4. The molecule has 0 radical (unpaired) electrons. The summed E-state index contributed by atoms with van der Waals surface area (Å²) in [4.78, 5) is 4.69. The van der Waals surface area contributed by atoms with Crippen molar-refractivity contribution in [1.29, 1.82) is 0 Å². The average molecular weight is 292 g/mol. The molecule has 0 unspecified atom stereocenters. The zero-order chi connectivity index (χ0) is 15.1. The zero-order valence-corrected chi connectivity index (χ0v) is 12.0. The average Bonchev–Trinajstić information content (AvgIpc) is 2.82. The van der Waals surface area contributed by atoms with Crippen molar-refractivity contribution in [1.82, 2.24) is 14.8 Å². The highest BCUT2D eigenvalue weighted by atomic mass is 19.1. The second kappa shape index (κ2) is 4.87. The topological polar surface area (TPSA) is 43.1 Å². The summed E-state index contributed by atoms with van der Waals surface area (Å²) in [6, 6.07) is 14.4. The first-order chi connectivity index (χ1) is 10.7. The standard InChI is InChI=1S/C17H13FN4/c1-11-20-21-16-10-19-17(12-6-8-13(18)9-7-12)14-4-2-3-5-15(14)22(11)16/h2-9H,10H2,1H3. The third kappa shape index (κ3) is 1.94. The van der Waals surface area contributed by atoms with Gasteiger partial charge in [-0.3, -0.25) is 9.56 Å². The van der Waals surface area contributed by atoms with Gasteiger partial charge in [-0.25, -0.2) is 4.39 Å². The van der Waals surface area contributed by atoms with Crippen LogP contribution in [0.4, 0.5) is 4.39 Å². The summed E-state index contributed by atoms with van der Waals surface area (Å²) in [6.45, 7) is 2.37. The van der Waals surface area contributed by atoms with Crippen molar-refractivity contribution in [3.8, 4) is 5.69 Å². The van der Waals surface area contributed by atoms with Gasteiger partial charge in [-0.05, 0) is 37.3 Å². The number of fused-ring (bicyclic) bond motifs is 3. The van der Waals surface area contributed by atoms with Crippen molar-refractivity contribution >= 4 is 5.71 Å². The zero-order valence-electron chi connectivity index (χ0n) is 12.0. The summed E-state index contributed by atoms with van der Waals surface area (Å²) in [5.74, 6) is 1.39. The summed E-state index contributed by atoms with van der Waals surface area (Å²) in [6.07, 6.45) is 0. The fourth-order valence-corrected chi connectivity index (χ4v) is 2.78. The lowest BCUT2D eigenvalue weighted by Gasteiger charge is -2.12.